The van der Waals surface area contributed by atoms with E-state index in [9.17, 15) is 4.79 Å². The summed E-state index contributed by atoms with van der Waals surface area (Å²) in [7, 11) is 3.72. The van der Waals surface area contributed by atoms with Crippen molar-refractivity contribution in [2.24, 2.45) is 13.0 Å². The van der Waals surface area contributed by atoms with Gasteiger partial charge in [-0.3, -0.25) is 14.4 Å². The highest BCUT2D eigenvalue weighted by molar-refractivity contribution is 5.91. The fraction of sp³-hybridized carbons (Fsp3) is 0.417. The number of methoxy groups -OCH3 is 1. The van der Waals surface area contributed by atoms with Crippen molar-refractivity contribution in [3.8, 4) is 17.0 Å². The van der Waals surface area contributed by atoms with E-state index >= 15 is 0 Å². The van der Waals surface area contributed by atoms with Crippen LogP contribution in [-0.2, 0) is 7.05 Å². The molecular formula is C24H28N4O3. The number of hydrogen-bond acceptors (Lipinski definition) is 5. The molecule has 3 aliphatic heterocycles. The molecule has 0 spiro atoms. The Bertz CT molecular complexity index is 1040. The number of aromatic nitrogens is 2. The van der Waals surface area contributed by atoms with Gasteiger partial charge in [0.25, 0.3) is 5.91 Å². The predicted molar refractivity (Wildman–Crippen MR) is 117 cm³/mol. The number of benzene rings is 1. The number of rotatable bonds is 6. The number of furan rings is 1. The first kappa shape index (κ1) is 19.9. The van der Waals surface area contributed by atoms with Gasteiger partial charge in [0.05, 0.1) is 19.1 Å². The van der Waals surface area contributed by atoms with E-state index in [2.05, 4.69) is 28.4 Å². The summed E-state index contributed by atoms with van der Waals surface area (Å²) in [6, 6.07) is 14.1. The van der Waals surface area contributed by atoms with Gasteiger partial charge in [0, 0.05) is 43.4 Å². The van der Waals surface area contributed by atoms with E-state index in [1.807, 2.05) is 23.9 Å². The van der Waals surface area contributed by atoms with Crippen LogP contribution in [0, 0.1) is 5.92 Å². The van der Waals surface area contributed by atoms with Crippen molar-refractivity contribution in [3.05, 3.63) is 60.2 Å². The van der Waals surface area contributed by atoms with Gasteiger partial charge in [0.2, 0.25) is 0 Å². The van der Waals surface area contributed by atoms with Crippen LogP contribution >= 0.6 is 0 Å². The summed E-state index contributed by atoms with van der Waals surface area (Å²) < 4.78 is 12.5. The van der Waals surface area contributed by atoms with E-state index in [1.54, 1.807) is 19.2 Å². The number of carbonyl (C=O) groups is 1. The van der Waals surface area contributed by atoms with Gasteiger partial charge in [-0.2, -0.15) is 5.10 Å². The van der Waals surface area contributed by atoms with E-state index in [4.69, 9.17) is 14.3 Å². The molecule has 3 fully saturated rings. The lowest BCUT2D eigenvalue weighted by Gasteiger charge is -2.49. The largest absolute Gasteiger partial charge is 0.497 e. The zero-order valence-corrected chi connectivity index (χ0v) is 18.0. The van der Waals surface area contributed by atoms with Gasteiger partial charge >= 0.3 is 0 Å². The third kappa shape index (κ3) is 3.85. The summed E-state index contributed by atoms with van der Waals surface area (Å²) in [4.78, 5) is 14.7. The summed E-state index contributed by atoms with van der Waals surface area (Å²) in [5.41, 5.74) is 3.39. The minimum atomic E-state index is -0.139. The van der Waals surface area contributed by atoms with Crippen LogP contribution in [0.3, 0.4) is 0 Å². The zero-order chi connectivity index (χ0) is 21.4. The smallest absolute Gasteiger partial charge is 0.287 e. The lowest BCUT2D eigenvalue weighted by Crippen LogP contribution is -2.56. The highest BCUT2D eigenvalue weighted by atomic mass is 16.5. The van der Waals surface area contributed by atoms with Gasteiger partial charge in [-0.25, -0.2) is 0 Å². The van der Waals surface area contributed by atoms with Gasteiger partial charge in [0.1, 0.15) is 5.75 Å². The first-order valence-electron chi connectivity index (χ1n) is 10.9. The quantitative estimate of drug-likeness (QED) is 0.663. The van der Waals surface area contributed by atoms with Gasteiger partial charge in [-0.15, -0.1) is 0 Å². The molecule has 0 radical (unpaired) electrons. The Balaban J connectivity index is 1.26. The maximum Gasteiger partial charge on any atom is 0.287 e. The number of carbonyl (C=O) groups excluding carboxylic acids is 1. The van der Waals surface area contributed by atoms with Crippen molar-refractivity contribution in [1.82, 2.24) is 20.0 Å². The van der Waals surface area contributed by atoms with Crippen LogP contribution in [-0.4, -0.2) is 53.4 Å². The molecule has 7 nitrogen and oxygen atoms in total. The fourth-order valence-electron chi connectivity index (χ4n) is 5.12. The van der Waals surface area contributed by atoms with Crippen LogP contribution in [0.25, 0.3) is 11.3 Å². The molecule has 1 aromatic carbocycles. The lowest BCUT2D eigenvalue weighted by molar-refractivity contribution is 0.0278. The molecule has 31 heavy (non-hydrogen) atoms. The fourth-order valence-corrected chi connectivity index (χ4v) is 5.12. The molecule has 4 atom stereocenters. The van der Waals surface area contributed by atoms with Crippen LogP contribution in [0.5, 0.6) is 5.75 Å². The van der Waals surface area contributed by atoms with Crippen LogP contribution in [0.2, 0.25) is 0 Å². The number of nitrogens with zero attached hydrogens (tertiary/aromatic N) is 3. The molecule has 0 saturated carbocycles. The highest BCUT2D eigenvalue weighted by Gasteiger charge is 2.41. The van der Waals surface area contributed by atoms with E-state index in [1.165, 1.54) is 18.4 Å². The summed E-state index contributed by atoms with van der Waals surface area (Å²) in [6.45, 7) is 2.75. The van der Waals surface area contributed by atoms with Gasteiger partial charge in [-0.05, 0) is 67.8 Å². The van der Waals surface area contributed by atoms with Crippen molar-refractivity contribution >= 4 is 5.91 Å². The number of fused-ring (bicyclic) bond motifs is 3. The number of aryl methyl sites for hydroxylation is 1. The summed E-state index contributed by atoms with van der Waals surface area (Å²) in [6.07, 6.45) is 3.81. The molecule has 5 heterocycles. The minimum Gasteiger partial charge on any atom is -0.497 e. The molecule has 3 saturated heterocycles. The molecule has 2 bridgehead atoms. The van der Waals surface area contributed by atoms with Crippen LogP contribution in [0.4, 0.5) is 0 Å². The molecule has 7 heteroatoms. The third-order valence-electron chi connectivity index (χ3n) is 6.80. The number of piperidine rings is 3. The Morgan fingerprint density at radius 3 is 2.81 bits per heavy atom. The number of amides is 1. The van der Waals surface area contributed by atoms with Crippen molar-refractivity contribution in [2.75, 3.05) is 26.7 Å². The SMILES string of the molecule is COc1ccc(-c2cc([C@@H]3CN4CC[C@H]3C[C@@H]4CNC(=O)c3ccco3)n(C)n2)cc1. The molecule has 0 aliphatic carbocycles. The Morgan fingerprint density at radius 1 is 1.29 bits per heavy atom. The van der Waals surface area contributed by atoms with Crippen LogP contribution in [0.1, 0.15) is 35.0 Å². The second kappa shape index (κ2) is 8.23. The topological polar surface area (TPSA) is 72.5 Å². The van der Waals surface area contributed by atoms with Crippen molar-refractivity contribution in [2.45, 2.75) is 24.8 Å². The molecule has 2 aromatic heterocycles. The standard InChI is InChI=1S/C24H28N4O3/c1-27-22(13-21(26-27)16-5-7-19(30-2)8-6-16)20-15-28-10-9-17(20)12-18(28)14-25-24(29)23-4-3-11-31-23/h3-8,11,13,17-18,20H,9-10,12,14-15H2,1-2H3,(H,25,29)/t17-,18+,20+/m0/s1. The molecule has 1 unspecified atom stereocenters. The molecule has 3 aliphatic rings. The second-order valence-corrected chi connectivity index (χ2v) is 8.53. The Morgan fingerprint density at radius 2 is 2.13 bits per heavy atom. The average molecular weight is 421 g/mol. The predicted octanol–water partition coefficient (Wildman–Crippen LogP) is 3.30. The molecule has 3 aromatic rings. The van der Waals surface area contributed by atoms with E-state index < -0.39 is 0 Å². The minimum absolute atomic E-state index is 0.139. The van der Waals surface area contributed by atoms with Gasteiger partial charge in [-0.1, -0.05) is 0 Å². The van der Waals surface area contributed by atoms with Crippen LogP contribution in [0.15, 0.2) is 53.1 Å². The van der Waals surface area contributed by atoms with E-state index in [-0.39, 0.29) is 5.91 Å². The van der Waals surface area contributed by atoms with Gasteiger partial charge in [0.15, 0.2) is 5.76 Å². The maximum absolute atomic E-state index is 12.2. The molecule has 1 N–H and O–H groups in total. The van der Waals surface area contributed by atoms with Crippen molar-refractivity contribution in [1.29, 1.82) is 0 Å². The maximum atomic E-state index is 12.2. The van der Waals surface area contributed by atoms with Crippen molar-refractivity contribution in [3.63, 3.8) is 0 Å². The van der Waals surface area contributed by atoms with E-state index in [0.717, 1.165) is 36.5 Å². The Hall–Kier alpha value is -3.06. The Labute approximate surface area is 182 Å². The number of hydrogen-bond donors (Lipinski definition) is 1. The van der Waals surface area contributed by atoms with Crippen molar-refractivity contribution < 1.29 is 13.9 Å². The zero-order valence-electron chi connectivity index (χ0n) is 18.0. The molecule has 1 amide bonds. The van der Waals surface area contributed by atoms with Gasteiger partial charge < -0.3 is 14.5 Å². The number of nitrogens with one attached hydrogen (secondary N) is 1. The Kier molecular flexibility index (Phi) is 5.28. The van der Waals surface area contributed by atoms with E-state index in [0.29, 0.717) is 30.2 Å². The highest BCUT2D eigenvalue weighted by Crippen LogP contribution is 2.42. The summed E-state index contributed by atoms with van der Waals surface area (Å²) in [5, 5.41) is 7.83. The molecular weight excluding hydrogens is 392 g/mol. The lowest BCUT2D eigenvalue weighted by atomic mass is 9.74. The average Bonchev–Trinajstić information content (AvgIpc) is 3.48. The monoisotopic (exact) mass is 420 g/mol. The summed E-state index contributed by atoms with van der Waals surface area (Å²) in [5.74, 6) is 2.15. The first-order chi connectivity index (χ1) is 15.1. The normalized spacial score (nSPS) is 24.8. The number of ether oxygens (including phenoxy) is 1. The summed E-state index contributed by atoms with van der Waals surface area (Å²) >= 11 is 0. The van der Waals surface area contributed by atoms with Crippen LogP contribution < -0.4 is 10.1 Å². The molecule has 162 valence electrons. The molecule has 6 rings (SSSR count). The first-order valence-corrected chi connectivity index (χ1v) is 10.9. The second-order valence-electron chi connectivity index (χ2n) is 8.53. The third-order valence-corrected chi connectivity index (χ3v) is 6.80.